The highest BCUT2D eigenvalue weighted by molar-refractivity contribution is 7.99. The van der Waals surface area contributed by atoms with Crippen LogP contribution in [0.5, 0.6) is 0 Å². The van der Waals surface area contributed by atoms with Crippen molar-refractivity contribution in [3.05, 3.63) is 72.1 Å². The largest absolute Gasteiger partial charge is 0.481 e. The molecule has 2 aromatic carbocycles. The lowest BCUT2D eigenvalue weighted by atomic mass is 9.87. The average Bonchev–Trinajstić information content (AvgIpc) is 1.66. The highest BCUT2D eigenvalue weighted by Crippen LogP contribution is 2.24. The molecule has 0 aliphatic rings. The standard InChI is InChI=1S/C86H136N26O20S2/c1-46(2)36-64(109-84(132)67(44-134-45-101-49(6)113)112-77(125)58(23-13-15-32-88)103-73(121)48(5)89)81(129)105-60(25-17-34-96-86(93)94)76(124)110-65(37-50-40-97-55-20-10-8-18-52(50)55)82(130)106-61(26-28-69(90)115)79(127)111-66(38-51-41-98-56-21-11-9-19-53(51)56)83(131)107-62(27-29-71(117)118)78(126)108-63(30-35-133-7)80(128)104-59(24-16-33-95-85(91)92)75(123)102-57(22-12-14-31-87)68(114)39-54(47(3)4)74(122)100-42-70(116)99-43-72(119)120/h8-11,18-21,40-41,46-48,54,57-67,97-98H,12-17,22-39,42-45,87-89H2,1-7H3,(H2,90,115)(H,99,116)(H,100,122)(H,101,113)(H,102,123)(H,103,121)(H,104,128)(H,105,129)(H,106,130)(H,107,131)(H,108,126)(H,109,132)(H,110,124)(H,111,127)(H,112,125)(H,117,118)(H,119,120)(H4,91,92,95)(H4,93,94,96)/t48-,54-,57-,58-,59-,60-,61-,62-,63-,64-,65-,66-,67-/m0/s1. The van der Waals surface area contributed by atoms with Crippen LogP contribution in [-0.2, 0) is 99.1 Å². The van der Waals surface area contributed by atoms with Crippen molar-refractivity contribution in [2.24, 2.45) is 52.2 Å². The third kappa shape index (κ3) is 42.5. The second kappa shape index (κ2) is 60.4. The van der Waals surface area contributed by atoms with Crippen molar-refractivity contribution in [1.82, 2.24) is 95.0 Å². The Morgan fingerprint density at radius 1 is 0.425 bits per heavy atom. The lowest BCUT2D eigenvalue weighted by Gasteiger charge is -2.29. The van der Waals surface area contributed by atoms with Crippen LogP contribution < -0.4 is 119 Å². The monoisotopic (exact) mass is 1920 g/mol. The molecule has 0 radical (unpaired) electrons. The zero-order chi connectivity index (χ0) is 99.7. The van der Waals surface area contributed by atoms with Crippen LogP contribution in [0.2, 0.25) is 0 Å². The zero-order valence-corrected chi connectivity index (χ0v) is 78.4. The van der Waals surface area contributed by atoms with Gasteiger partial charge in [-0.25, -0.2) is 0 Å². The normalized spacial score (nSPS) is 14.1. The van der Waals surface area contributed by atoms with Crippen LogP contribution in [0.15, 0.2) is 60.9 Å². The smallest absolute Gasteiger partial charge is 0.322 e. The van der Waals surface area contributed by atoms with Crippen molar-refractivity contribution in [2.45, 2.75) is 236 Å². The quantitative estimate of drug-likeness (QED) is 0.00872. The number of nitrogens with one attached hydrogen (secondary N) is 20. The van der Waals surface area contributed by atoms with Gasteiger partial charge in [0.1, 0.15) is 67.0 Å². The van der Waals surface area contributed by atoms with E-state index in [4.69, 9.17) is 50.3 Å². The molecular weight excluding hydrogens is 1780 g/mol. The van der Waals surface area contributed by atoms with Crippen LogP contribution >= 0.6 is 23.5 Å². The van der Waals surface area contributed by atoms with E-state index < -0.39 is 254 Å². The Morgan fingerprint density at radius 3 is 1.23 bits per heavy atom. The fraction of sp³-hybridized carbons (Fsp3) is 0.581. The van der Waals surface area contributed by atoms with Gasteiger partial charge in [0, 0.05) is 98.0 Å². The molecule has 0 unspecified atom stereocenters. The number of para-hydroxylation sites is 2. The fourth-order valence-electron chi connectivity index (χ4n) is 14.0. The molecule has 48 heteroatoms. The highest BCUT2D eigenvalue weighted by atomic mass is 32.2. The van der Waals surface area contributed by atoms with Crippen LogP contribution in [0.25, 0.3) is 21.8 Å². The molecule has 4 aromatic rings. The number of aromatic nitrogens is 2. The number of carbonyl (C=O) groups is 18. The summed E-state index contributed by atoms with van der Waals surface area (Å²) in [4.78, 5) is 257. The maximum absolute atomic E-state index is 15.5. The molecule has 742 valence electrons. The Hall–Kier alpha value is -12.7. The van der Waals surface area contributed by atoms with Crippen LogP contribution in [0.1, 0.15) is 162 Å². The second-order valence-electron chi connectivity index (χ2n) is 33.1. The number of guanidine groups is 2. The van der Waals surface area contributed by atoms with Crippen LogP contribution in [0.4, 0.5) is 0 Å². The summed E-state index contributed by atoms with van der Waals surface area (Å²) in [7, 11) is 0. The van der Waals surface area contributed by atoms with E-state index in [2.05, 4.69) is 95.0 Å². The molecule has 0 fully saturated rings. The number of amides is 15. The molecule has 0 spiro atoms. The minimum absolute atomic E-state index is 0.00450. The predicted molar refractivity (Wildman–Crippen MR) is 504 cm³/mol. The van der Waals surface area contributed by atoms with Gasteiger partial charge in [-0.2, -0.15) is 11.8 Å². The molecule has 2 aromatic heterocycles. The van der Waals surface area contributed by atoms with E-state index in [1.807, 2.05) is 0 Å². The van der Waals surface area contributed by atoms with Crippen molar-refractivity contribution in [2.75, 3.05) is 62.9 Å². The molecule has 0 aliphatic carbocycles. The number of carbonyl (C=O) groups excluding carboxylic acids is 16. The van der Waals surface area contributed by atoms with E-state index in [0.717, 1.165) is 11.8 Å². The molecule has 15 amide bonds. The summed E-state index contributed by atoms with van der Waals surface area (Å²) in [5.41, 5.74) is 36.3. The number of primary amides is 1. The van der Waals surface area contributed by atoms with Crippen molar-refractivity contribution >= 4 is 164 Å². The summed E-state index contributed by atoms with van der Waals surface area (Å²) in [6.07, 6.45) is 2.11. The van der Waals surface area contributed by atoms with E-state index in [1.165, 1.54) is 31.8 Å². The number of thioether (sulfide) groups is 2. The summed E-state index contributed by atoms with van der Waals surface area (Å²) in [6.45, 7) is 8.60. The number of benzene rings is 2. The Morgan fingerprint density at radius 2 is 0.813 bits per heavy atom. The number of H-pyrrole nitrogens is 2. The number of hydrogen-bond acceptors (Lipinski definition) is 25. The number of aromatic amines is 2. The summed E-state index contributed by atoms with van der Waals surface area (Å²) < 4.78 is 0. The number of aliphatic carboxylic acids is 2. The number of nitrogens with two attached hydrogens (primary N) is 6. The van der Waals surface area contributed by atoms with Gasteiger partial charge in [0.25, 0.3) is 0 Å². The van der Waals surface area contributed by atoms with Crippen molar-refractivity contribution in [1.29, 1.82) is 10.8 Å². The van der Waals surface area contributed by atoms with E-state index in [1.54, 1.807) is 88.7 Å². The third-order valence-electron chi connectivity index (χ3n) is 21.3. The lowest BCUT2D eigenvalue weighted by molar-refractivity contribution is -0.139. The molecule has 134 heavy (non-hydrogen) atoms. The number of fused-ring (bicyclic) bond motifs is 2. The SMILES string of the molecule is CSCC[C@H](NC(=O)[C@H](CCC(=O)O)NC(=O)[C@H](Cc1c[nH]c2ccccc12)NC(=O)[C@H](CCC(N)=O)NC(=O)[C@H](Cc1c[nH]c2ccccc12)NC(=O)[C@H](CCCNC(=N)N)NC(=O)[C@H](CC(C)C)NC(=O)[C@H](CSCNC(C)=O)NC(=O)[C@H](CCCCN)NC(=O)[C@H](C)N)C(=O)N[C@@H](CCCNC(=N)N)C(=O)N[C@@H](CCCCN)C(=O)C[C@H](C(=O)NCC(=O)NCC(=O)O)C(C)C. The van der Waals surface area contributed by atoms with Crippen LogP contribution in [0, 0.1) is 28.6 Å². The predicted octanol–water partition coefficient (Wildman–Crippen LogP) is -3.80. The molecule has 2 heterocycles. The fourth-order valence-corrected chi connectivity index (χ4v) is 15.4. The first-order valence-electron chi connectivity index (χ1n) is 44.4. The molecule has 0 saturated heterocycles. The molecule has 46 nitrogen and oxygen atoms in total. The van der Waals surface area contributed by atoms with Gasteiger partial charge < -0.3 is 140 Å². The number of hydrogen-bond donors (Lipinski definition) is 28. The van der Waals surface area contributed by atoms with Crippen LogP contribution in [-0.4, -0.2) is 274 Å². The lowest BCUT2D eigenvalue weighted by Crippen LogP contribution is -2.61. The minimum atomic E-state index is -1.84. The van der Waals surface area contributed by atoms with E-state index in [0.29, 0.717) is 58.6 Å². The maximum Gasteiger partial charge on any atom is 0.322 e. The molecular formula is C86H136N26O20S2. The second-order valence-corrected chi connectivity index (χ2v) is 35.1. The van der Waals surface area contributed by atoms with Gasteiger partial charge >= 0.3 is 11.9 Å². The molecule has 13 atom stereocenters. The number of ketones is 1. The Balaban J connectivity index is 1.80. The van der Waals surface area contributed by atoms with E-state index >= 15 is 19.2 Å². The van der Waals surface area contributed by atoms with Gasteiger partial charge in [-0.15, -0.1) is 11.8 Å². The van der Waals surface area contributed by atoms with Gasteiger partial charge in [-0.3, -0.25) is 97.1 Å². The van der Waals surface area contributed by atoms with Gasteiger partial charge in [0.2, 0.25) is 88.6 Å². The van der Waals surface area contributed by atoms with Gasteiger partial charge in [-0.05, 0) is 157 Å². The van der Waals surface area contributed by atoms with Gasteiger partial charge in [-0.1, -0.05) is 64.1 Å². The molecule has 0 saturated carbocycles. The first-order chi connectivity index (χ1) is 63.6. The maximum atomic E-state index is 15.5. The number of Topliss-reactive ketones (excluding diaryl/α,β-unsaturated/α-hetero) is 1. The third-order valence-corrected chi connectivity index (χ3v) is 22.8. The zero-order valence-electron chi connectivity index (χ0n) is 76.8. The Labute approximate surface area is 785 Å². The molecule has 34 N–H and O–H groups in total. The number of carboxylic acid groups (broad SMARTS) is 2. The van der Waals surface area contributed by atoms with E-state index in [9.17, 15) is 72.2 Å². The Bertz CT molecular complexity index is 4650. The van der Waals surface area contributed by atoms with E-state index in [-0.39, 0.29) is 107 Å². The van der Waals surface area contributed by atoms with Crippen LogP contribution in [0.3, 0.4) is 0 Å². The Kier molecular flexibility index (Phi) is 51.3. The average molecular weight is 1920 g/mol. The first-order valence-corrected chi connectivity index (χ1v) is 47.0. The summed E-state index contributed by atoms with van der Waals surface area (Å²) in [6, 6.07) is -4.43. The van der Waals surface area contributed by atoms with Gasteiger partial charge in [0.15, 0.2) is 17.7 Å². The van der Waals surface area contributed by atoms with Crippen molar-refractivity contribution in [3.63, 3.8) is 0 Å². The molecule has 4 rings (SSSR count). The number of carboxylic acids is 2. The summed E-state index contributed by atoms with van der Waals surface area (Å²) in [5, 5.41) is 77.5. The first kappa shape index (κ1) is 114. The highest BCUT2D eigenvalue weighted by Gasteiger charge is 2.39. The minimum Gasteiger partial charge on any atom is -0.481 e. The number of rotatable bonds is 66. The van der Waals surface area contributed by atoms with Crippen molar-refractivity contribution < 1.29 is 96.5 Å². The number of unbranched alkanes of at least 4 members (excludes halogenated alkanes) is 2. The molecule has 0 bridgehead atoms. The molecule has 0 aliphatic heterocycles. The van der Waals surface area contributed by atoms with Gasteiger partial charge in [0.05, 0.1) is 24.5 Å². The van der Waals surface area contributed by atoms with Crippen molar-refractivity contribution in [3.8, 4) is 0 Å². The topological polar surface area (TPSA) is 776 Å². The summed E-state index contributed by atoms with van der Waals surface area (Å²) in [5.74, 6) is -19.7. The summed E-state index contributed by atoms with van der Waals surface area (Å²) >= 11 is 2.29.